The van der Waals surface area contributed by atoms with Crippen LogP contribution in [0.25, 0.3) is 0 Å². The average Bonchev–Trinajstić information content (AvgIpc) is 3.02. The molecule has 88 valence electrons. The van der Waals surface area contributed by atoms with Crippen molar-refractivity contribution in [1.82, 2.24) is 4.90 Å². The number of fused-ring (bicyclic) bond motifs is 1. The molecule has 2 aliphatic rings. The lowest BCUT2D eigenvalue weighted by atomic mass is 10.2. The summed E-state index contributed by atoms with van der Waals surface area (Å²) < 4.78 is 9.64. The molecule has 0 aromatic carbocycles. The first kappa shape index (κ1) is 11.0. The summed E-state index contributed by atoms with van der Waals surface area (Å²) in [7, 11) is 1.34. The van der Waals surface area contributed by atoms with Gasteiger partial charge in [0.1, 0.15) is 0 Å². The molecule has 1 fully saturated rings. The Labute approximate surface area is 94.0 Å². The fraction of sp³-hybridized carbons (Fsp3) is 0.636. The maximum atomic E-state index is 11.6. The van der Waals surface area contributed by atoms with E-state index in [-0.39, 0.29) is 29.9 Å². The Morgan fingerprint density at radius 3 is 2.88 bits per heavy atom. The third-order valence-electron chi connectivity index (χ3n) is 3.02. The Balaban J connectivity index is 2.05. The number of nitrogens with zero attached hydrogens (tertiary/aromatic N) is 1. The number of methoxy groups -OCH3 is 1. The molecule has 1 unspecified atom stereocenters. The van der Waals surface area contributed by atoms with E-state index in [4.69, 9.17) is 4.74 Å². The van der Waals surface area contributed by atoms with Crippen molar-refractivity contribution in [3.8, 4) is 0 Å². The molecule has 1 saturated carbocycles. The van der Waals surface area contributed by atoms with Crippen molar-refractivity contribution in [3.63, 3.8) is 0 Å². The standard InChI is InChI=1S/C11H15NO4/c1-3-16-10(13)8-7-5-4-6-12(9(7)8)11(14)15-2/h4-5,7-9H,3,6H2,1-2H3/t7?,8-,9-/m0/s1. The van der Waals surface area contributed by atoms with Crippen molar-refractivity contribution in [2.75, 3.05) is 20.3 Å². The largest absolute Gasteiger partial charge is 0.466 e. The first-order valence-electron chi connectivity index (χ1n) is 5.38. The van der Waals surface area contributed by atoms with Crippen molar-refractivity contribution in [2.45, 2.75) is 13.0 Å². The zero-order valence-corrected chi connectivity index (χ0v) is 9.38. The van der Waals surface area contributed by atoms with Gasteiger partial charge in [0.05, 0.1) is 25.7 Å². The van der Waals surface area contributed by atoms with Crippen LogP contribution in [0.15, 0.2) is 12.2 Å². The van der Waals surface area contributed by atoms with Gasteiger partial charge in [-0.3, -0.25) is 4.79 Å². The van der Waals surface area contributed by atoms with E-state index in [1.807, 2.05) is 12.2 Å². The second-order valence-corrected chi connectivity index (χ2v) is 3.90. The fourth-order valence-electron chi connectivity index (χ4n) is 2.25. The number of hydrogen-bond acceptors (Lipinski definition) is 4. The minimum absolute atomic E-state index is 0.0727. The second-order valence-electron chi connectivity index (χ2n) is 3.90. The number of hydrogen-bond donors (Lipinski definition) is 0. The van der Waals surface area contributed by atoms with Gasteiger partial charge in [0, 0.05) is 12.5 Å². The van der Waals surface area contributed by atoms with Gasteiger partial charge < -0.3 is 14.4 Å². The quantitative estimate of drug-likeness (QED) is 0.515. The Hall–Kier alpha value is -1.52. The van der Waals surface area contributed by atoms with E-state index >= 15 is 0 Å². The molecular formula is C11H15NO4. The smallest absolute Gasteiger partial charge is 0.410 e. The lowest BCUT2D eigenvalue weighted by Gasteiger charge is -2.21. The Kier molecular flexibility index (Phi) is 2.85. The molecule has 5 nitrogen and oxygen atoms in total. The van der Waals surface area contributed by atoms with Gasteiger partial charge in [0.15, 0.2) is 0 Å². The van der Waals surface area contributed by atoms with Crippen LogP contribution in [0, 0.1) is 11.8 Å². The minimum atomic E-state index is -0.383. The molecule has 0 N–H and O–H groups in total. The van der Waals surface area contributed by atoms with Crippen LogP contribution < -0.4 is 0 Å². The lowest BCUT2D eigenvalue weighted by Crippen LogP contribution is -2.36. The van der Waals surface area contributed by atoms with E-state index in [1.165, 1.54) is 7.11 Å². The van der Waals surface area contributed by atoms with E-state index in [1.54, 1.807) is 11.8 Å². The molecule has 5 heteroatoms. The first-order chi connectivity index (χ1) is 7.70. The first-order valence-corrected chi connectivity index (χ1v) is 5.38. The molecule has 0 bridgehead atoms. The highest BCUT2D eigenvalue weighted by Gasteiger charge is 2.59. The molecule has 3 atom stereocenters. The van der Waals surface area contributed by atoms with Gasteiger partial charge in [0.25, 0.3) is 0 Å². The molecule has 0 saturated heterocycles. The van der Waals surface area contributed by atoms with Crippen molar-refractivity contribution in [1.29, 1.82) is 0 Å². The number of carbonyl (C=O) groups excluding carboxylic acids is 2. The zero-order chi connectivity index (χ0) is 11.7. The molecular weight excluding hydrogens is 210 g/mol. The summed E-state index contributed by atoms with van der Waals surface area (Å²) in [6.45, 7) is 2.65. The minimum Gasteiger partial charge on any atom is -0.466 e. The van der Waals surface area contributed by atoms with Crippen LogP contribution in [0.2, 0.25) is 0 Å². The van der Waals surface area contributed by atoms with Gasteiger partial charge in [-0.2, -0.15) is 0 Å². The highest BCUT2D eigenvalue weighted by molar-refractivity contribution is 5.81. The second kappa shape index (κ2) is 4.15. The fourth-order valence-corrected chi connectivity index (χ4v) is 2.25. The van der Waals surface area contributed by atoms with Gasteiger partial charge in [-0.1, -0.05) is 12.2 Å². The van der Waals surface area contributed by atoms with Gasteiger partial charge in [-0.25, -0.2) is 4.79 Å². The van der Waals surface area contributed by atoms with Crippen LogP contribution in [-0.2, 0) is 14.3 Å². The van der Waals surface area contributed by atoms with E-state index in [2.05, 4.69) is 4.74 Å². The van der Waals surface area contributed by atoms with Crippen LogP contribution in [-0.4, -0.2) is 43.3 Å². The third kappa shape index (κ3) is 1.66. The van der Waals surface area contributed by atoms with Gasteiger partial charge in [-0.15, -0.1) is 0 Å². The number of ether oxygens (including phenoxy) is 2. The number of carbonyl (C=O) groups is 2. The highest BCUT2D eigenvalue weighted by Crippen LogP contribution is 2.47. The molecule has 0 spiro atoms. The van der Waals surface area contributed by atoms with Crippen LogP contribution in [0.1, 0.15) is 6.92 Å². The van der Waals surface area contributed by atoms with Crippen molar-refractivity contribution >= 4 is 12.1 Å². The summed E-state index contributed by atoms with van der Waals surface area (Å²) in [6.07, 6.45) is 3.48. The molecule has 2 rings (SSSR count). The highest BCUT2D eigenvalue weighted by atomic mass is 16.5. The molecule has 1 heterocycles. The number of rotatable bonds is 2. The summed E-state index contributed by atoms with van der Waals surface area (Å²) in [5, 5.41) is 0. The molecule has 0 aromatic heterocycles. The van der Waals surface area contributed by atoms with Gasteiger partial charge in [0.2, 0.25) is 0 Å². The van der Waals surface area contributed by atoms with Gasteiger partial charge >= 0.3 is 12.1 Å². The van der Waals surface area contributed by atoms with E-state index in [0.717, 1.165) is 0 Å². The van der Waals surface area contributed by atoms with Crippen LogP contribution in [0.4, 0.5) is 4.79 Å². The van der Waals surface area contributed by atoms with Crippen molar-refractivity contribution in [2.24, 2.45) is 11.8 Å². The molecule has 1 amide bonds. The Morgan fingerprint density at radius 1 is 1.50 bits per heavy atom. The summed E-state index contributed by atoms with van der Waals surface area (Å²) >= 11 is 0. The number of amides is 1. The molecule has 1 aliphatic heterocycles. The predicted molar refractivity (Wildman–Crippen MR) is 55.7 cm³/mol. The molecule has 1 aliphatic carbocycles. The van der Waals surface area contributed by atoms with E-state index in [0.29, 0.717) is 13.2 Å². The molecule has 0 radical (unpaired) electrons. The topological polar surface area (TPSA) is 55.8 Å². The van der Waals surface area contributed by atoms with Crippen molar-refractivity contribution in [3.05, 3.63) is 12.2 Å². The molecule has 16 heavy (non-hydrogen) atoms. The summed E-state index contributed by atoms with van der Waals surface area (Å²) in [5.41, 5.74) is 0. The van der Waals surface area contributed by atoms with Crippen molar-refractivity contribution < 1.29 is 19.1 Å². The normalized spacial score (nSPS) is 30.6. The zero-order valence-electron chi connectivity index (χ0n) is 9.38. The Bertz CT molecular complexity index is 339. The average molecular weight is 225 g/mol. The maximum Gasteiger partial charge on any atom is 0.410 e. The number of esters is 1. The predicted octanol–water partition coefficient (Wildman–Crippen LogP) is 0.802. The Morgan fingerprint density at radius 2 is 2.25 bits per heavy atom. The third-order valence-corrected chi connectivity index (χ3v) is 3.02. The van der Waals surface area contributed by atoms with Crippen LogP contribution in [0.3, 0.4) is 0 Å². The van der Waals surface area contributed by atoms with E-state index < -0.39 is 0 Å². The summed E-state index contributed by atoms with van der Waals surface area (Å²) in [4.78, 5) is 24.6. The molecule has 0 aromatic rings. The maximum absolute atomic E-state index is 11.6. The van der Waals surface area contributed by atoms with E-state index in [9.17, 15) is 9.59 Å². The van der Waals surface area contributed by atoms with Gasteiger partial charge in [-0.05, 0) is 6.92 Å². The van der Waals surface area contributed by atoms with Crippen LogP contribution in [0.5, 0.6) is 0 Å². The summed E-state index contributed by atoms with van der Waals surface area (Å²) in [5.74, 6) is -0.331. The van der Waals surface area contributed by atoms with Crippen LogP contribution >= 0.6 is 0 Å². The monoisotopic (exact) mass is 225 g/mol. The lowest BCUT2D eigenvalue weighted by molar-refractivity contribution is -0.145. The SMILES string of the molecule is CCOC(=O)[C@H]1C2C=CCN(C(=O)OC)[C@@H]21. The summed E-state index contributed by atoms with van der Waals surface area (Å²) in [6, 6.07) is -0.0727.